The number of furan rings is 1. The van der Waals surface area contributed by atoms with Crippen LogP contribution in [0.15, 0.2) is 23.0 Å². The molecule has 3 N–H and O–H groups in total. The number of fused-ring (bicyclic) bond motifs is 3. The van der Waals surface area contributed by atoms with Crippen LogP contribution in [0.5, 0.6) is 0 Å². The van der Waals surface area contributed by atoms with Gasteiger partial charge in [-0.15, -0.1) is 0 Å². The quantitative estimate of drug-likeness (QED) is 0.626. The van der Waals surface area contributed by atoms with Crippen LogP contribution < -0.4 is 0 Å². The van der Waals surface area contributed by atoms with Crippen LogP contribution in [0.3, 0.4) is 0 Å². The molecule has 0 bridgehead atoms. The van der Waals surface area contributed by atoms with Gasteiger partial charge in [0.05, 0.1) is 48.6 Å². The van der Waals surface area contributed by atoms with Gasteiger partial charge < -0.3 is 29.2 Å². The predicted octanol–water partition coefficient (Wildman–Crippen LogP) is 1.34. The number of cyclic esters (lactones) is 1. The van der Waals surface area contributed by atoms with Crippen molar-refractivity contribution in [3.63, 3.8) is 0 Å². The van der Waals surface area contributed by atoms with Crippen LogP contribution in [0.2, 0.25) is 0 Å². The highest BCUT2D eigenvalue weighted by atomic mass is 16.6. The number of hydrogen-bond acceptors (Lipinski definition) is 8. The topological polar surface area (TPSA) is 126 Å². The van der Waals surface area contributed by atoms with Crippen molar-refractivity contribution in [2.24, 2.45) is 22.7 Å². The first-order valence-corrected chi connectivity index (χ1v) is 9.94. The maximum atomic E-state index is 12.8. The molecule has 1 aromatic rings. The average molecular weight is 408 g/mol. The molecule has 0 spiro atoms. The smallest absolute Gasteiger partial charge is 0.314 e. The molecule has 2 heterocycles. The highest BCUT2D eigenvalue weighted by Gasteiger charge is 2.84. The van der Waals surface area contributed by atoms with Crippen molar-refractivity contribution in [3.8, 4) is 0 Å². The van der Waals surface area contributed by atoms with Crippen molar-refractivity contribution in [1.82, 2.24) is 0 Å². The minimum absolute atomic E-state index is 0.283. The molecule has 160 valence electrons. The summed E-state index contributed by atoms with van der Waals surface area (Å²) in [5, 5.41) is 35.7. The predicted molar refractivity (Wildman–Crippen MR) is 98.2 cm³/mol. The van der Waals surface area contributed by atoms with Gasteiger partial charge >= 0.3 is 11.9 Å². The zero-order chi connectivity index (χ0) is 21.4. The molecule has 1 aromatic heterocycles. The van der Waals surface area contributed by atoms with Crippen LogP contribution in [-0.2, 0) is 19.1 Å². The number of rotatable bonds is 2. The zero-order valence-corrected chi connectivity index (χ0v) is 17.0. The van der Waals surface area contributed by atoms with Crippen molar-refractivity contribution in [1.29, 1.82) is 0 Å². The summed E-state index contributed by atoms with van der Waals surface area (Å²) in [6.45, 7) is 4.74. The van der Waals surface area contributed by atoms with E-state index in [1.807, 2.05) is 0 Å². The molecule has 8 heteroatoms. The Morgan fingerprint density at radius 3 is 2.55 bits per heavy atom. The molecule has 2 saturated carbocycles. The van der Waals surface area contributed by atoms with Crippen molar-refractivity contribution >= 4 is 11.9 Å². The zero-order valence-electron chi connectivity index (χ0n) is 17.0. The first-order chi connectivity index (χ1) is 13.5. The number of carbonyl (C=O) groups excluding carboxylic acids is 2. The molecule has 3 aliphatic rings. The van der Waals surface area contributed by atoms with Gasteiger partial charge in [0, 0.05) is 11.0 Å². The van der Waals surface area contributed by atoms with E-state index in [9.17, 15) is 24.9 Å². The Bertz CT molecular complexity index is 836. The Morgan fingerprint density at radius 1 is 1.28 bits per heavy atom. The number of hydrogen-bond donors (Lipinski definition) is 3. The first kappa shape index (κ1) is 20.4. The lowest BCUT2D eigenvalue weighted by molar-refractivity contribution is -0.257. The van der Waals surface area contributed by atoms with E-state index in [2.05, 4.69) is 0 Å². The fourth-order valence-corrected chi connectivity index (χ4v) is 6.65. The molecule has 8 nitrogen and oxygen atoms in total. The van der Waals surface area contributed by atoms with Crippen molar-refractivity contribution in [2.45, 2.75) is 63.4 Å². The summed E-state index contributed by atoms with van der Waals surface area (Å²) in [5.74, 6) is -3.35. The van der Waals surface area contributed by atoms with Gasteiger partial charge in [0.15, 0.2) is 0 Å². The Morgan fingerprint density at radius 2 is 1.97 bits per heavy atom. The van der Waals surface area contributed by atoms with Gasteiger partial charge in [-0.25, -0.2) is 0 Å². The van der Waals surface area contributed by atoms with E-state index in [1.165, 1.54) is 26.6 Å². The summed E-state index contributed by atoms with van der Waals surface area (Å²) >= 11 is 0. The third-order valence-electron chi connectivity index (χ3n) is 8.29. The van der Waals surface area contributed by atoms with Crippen molar-refractivity contribution in [2.75, 3.05) is 7.11 Å². The average Bonchev–Trinajstić information content (AvgIpc) is 3.26. The second-order valence-corrected chi connectivity index (χ2v) is 9.21. The van der Waals surface area contributed by atoms with Crippen LogP contribution in [-0.4, -0.2) is 51.7 Å². The molecular formula is C21H28O8. The molecular weight excluding hydrogens is 380 g/mol. The Hall–Kier alpha value is -1.90. The summed E-state index contributed by atoms with van der Waals surface area (Å²) in [5.41, 5.74) is -6.20. The van der Waals surface area contributed by atoms with E-state index in [1.54, 1.807) is 19.9 Å². The normalized spacial score (nSPS) is 49.1. The fourth-order valence-electron chi connectivity index (χ4n) is 6.65. The SMILES string of the molecule is COC(=O)[C@]1(C)CCC[C@@]2(C)[C@@]3(O)[C@@H]([C@@H](O)[C@@]21O)[C@H](c1ccoc1)OC(=O)[C@@H]3C. The van der Waals surface area contributed by atoms with Gasteiger partial charge in [0.2, 0.25) is 0 Å². The minimum atomic E-state index is -2.03. The third kappa shape index (κ3) is 2.04. The van der Waals surface area contributed by atoms with Crippen LogP contribution in [0.25, 0.3) is 0 Å². The molecule has 0 unspecified atom stereocenters. The van der Waals surface area contributed by atoms with E-state index >= 15 is 0 Å². The van der Waals surface area contributed by atoms with E-state index in [0.29, 0.717) is 18.4 Å². The molecule has 1 saturated heterocycles. The van der Waals surface area contributed by atoms with E-state index in [-0.39, 0.29) is 6.42 Å². The molecule has 29 heavy (non-hydrogen) atoms. The van der Waals surface area contributed by atoms with Crippen molar-refractivity contribution < 1.29 is 38.8 Å². The monoisotopic (exact) mass is 408 g/mol. The number of methoxy groups -OCH3 is 1. The summed E-state index contributed by atoms with van der Waals surface area (Å²) < 4.78 is 15.7. The second kappa shape index (κ2) is 6.06. The van der Waals surface area contributed by atoms with Gasteiger partial charge in [0.1, 0.15) is 11.7 Å². The van der Waals surface area contributed by atoms with E-state index in [0.717, 1.165) is 0 Å². The number of ether oxygens (including phenoxy) is 2. The van der Waals surface area contributed by atoms with E-state index in [4.69, 9.17) is 13.9 Å². The van der Waals surface area contributed by atoms with Crippen LogP contribution in [0, 0.1) is 22.7 Å². The van der Waals surface area contributed by atoms with Crippen LogP contribution in [0.4, 0.5) is 0 Å². The summed E-state index contributed by atoms with van der Waals surface area (Å²) in [6, 6.07) is 1.59. The largest absolute Gasteiger partial charge is 0.472 e. The van der Waals surface area contributed by atoms with Crippen LogP contribution in [0.1, 0.15) is 51.7 Å². The Labute approximate surface area is 168 Å². The lowest BCUT2D eigenvalue weighted by atomic mass is 9.49. The minimum Gasteiger partial charge on any atom is -0.472 e. The molecule has 4 rings (SSSR count). The maximum absolute atomic E-state index is 12.8. The van der Waals surface area contributed by atoms with Gasteiger partial charge in [-0.1, -0.05) is 13.3 Å². The van der Waals surface area contributed by atoms with Gasteiger partial charge in [-0.05, 0) is 32.8 Å². The number of aliphatic hydroxyl groups is 3. The molecule has 8 atom stereocenters. The lowest BCUT2D eigenvalue weighted by Crippen LogP contribution is -2.70. The maximum Gasteiger partial charge on any atom is 0.314 e. The molecule has 0 amide bonds. The summed E-state index contributed by atoms with van der Waals surface area (Å²) in [7, 11) is 1.23. The number of aliphatic hydroxyl groups excluding tert-OH is 1. The molecule has 0 radical (unpaired) electrons. The lowest BCUT2D eigenvalue weighted by Gasteiger charge is -2.58. The Balaban J connectivity index is 1.97. The number of carbonyl (C=O) groups is 2. The second-order valence-electron chi connectivity index (χ2n) is 9.21. The highest BCUT2D eigenvalue weighted by Crippen LogP contribution is 2.72. The van der Waals surface area contributed by atoms with Crippen molar-refractivity contribution in [3.05, 3.63) is 24.2 Å². The third-order valence-corrected chi connectivity index (χ3v) is 8.29. The summed E-state index contributed by atoms with van der Waals surface area (Å²) in [4.78, 5) is 25.6. The highest BCUT2D eigenvalue weighted by molar-refractivity contribution is 5.80. The van der Waals surface area contributed by atoms with Gasteiger partial charge in [0.25, 0.3) is 0 Å². The van der Waals surface area contributed by atoms with Gasteiger partial charge in [-0.3, -0.25) is 9.59 Å². The van der Waals surface area contributed by atoms with Crippen LogP contribution >= 0.6 is 0 Å². The van der Waals surface area contributed by atoms with E-state index < -0.39 is 58.0 Å². The Kier molecular flexibility index (Phi) is 4.26. The molecule has 3 fully saturated rings. The van der Waals surface area contributed by atoms with Gasteiger partial charge in [-0.2, -0.15) is 0 Å². The summed E-state index contributed by atoms with van der Waals surface area (Å²) in [6.07, 6.45) is 1.35. The standard InChI is InChI=1S/C21H28O8/c1-11-16(23)29-14(12-6-9-28-10-12)13-15(22)21(26)18(2,17(24)27-4)7-5-8-19(21,3)20(11,13)25/h6,9-11,13-15,22,25-26H,5,7-8H2,1-4H3/t11-,13+,14-,15+,18-,19-,20-,21-/m0/s1. The molecule has 0 aromatic carbocycles. The molecule has 1 aliphatic heterocycles. The molecule has 2 aliphatic carbocycles. The first-order valence-electron chi connectivity index (χ1n) is 9.94. The fraction of sp³-hybridized carbons (Fsp3) is 0.714. The number of esters is 2.